The van der Waals surface area contributed by atoms with Gasteiger partial charge in [-0.1, -0.05) is 45.0 Å². The molecule has 4 rings (SSSR count). The first kappa shape index (κ1) is 19.2. The number of nitrogens with zero attached hydrogens (tertiary/aromatic N) is 2. The lowest BCUT2D eigenvalue weighted by molar-refractivity contribution is 0.0997. The minimum atomic E-state index is 0.0496. The van der Waals surface area contributed by atoms with Crippen LogP contribution in [-0.4, -0.2) is 10.9 Å². The summed E-state index contributed by atoms with van der Waals surface area (Å²) in [7, 11) is 0. The smallest absolute Gasteiger partial charge is 0.261 e. The minimum Gasteiger partial charge on any atom is -0.378 e. The minimum absolute atomic E-state index is 0.0496. The summed E-state index contributed by atoms with van der Waals surface area (Å²) in [5, 5.41) is 3.51. The van der Waals surface area contributed by atoms with Crippen LogP contribution in [0.5, 0.6) is 0 Å². The highest BCUT2D eigenvalue weighted by atomic mass is 16.2. The van der Waals surface area contributed by atoms with Gasteiger partial charge in [0.1, 0.15) is 0 Å². The second-order valence-electron chi connectivity index (χ2n) is 8.67. The largest absolute Gasteiger partial charge is 0.378 e. The maximum absolute atomic E-state index is 13.3. The standard InChI is InChI=1S/C25H27N3O/c1-17(18-12-14-26-15-13-18)27-22-7-5-6-19-16-28(24(29)23(19)22)21-10-8-20(9-11-21)25(2,3)4/h5-15,17,27H,16H2,1-4H3/t17-/m1/s1. The topological polar surface area (TPSA) is 45.2 Å². The van der Waals surface area contributed by atoms with Crippen molar-refractivity contribution in [3.05, 3.63) is 89.2 Å². The van der Waals surface area contributed by atoms with Gasteiger partial charge in [-0.2, -0.15) is 0 Å². The molecular formula is C25H27N3O. The predicted octanol–water partition coefficient (Wildman–Crippen LogP) is 5.71. The normalized spacial score (nSPS) is 14.6. The number of anilines is 2. The van der Waals surface area contributed by atoms with Crippen molar-refractivity contribution in [2.75, 3.05) is 10.2 Å². The summed E-state index contributed by atoms with van der Waals surface area (Å²) in [6.07, 6.45) is 3.58. The molecule has 1 atom stereocenters. The molecule has 0 bridgehead atoms. The van der Waals surface area contributed by atoms with Crippen LogP contribution in [0.25, 0.3) is 0 Å². The Morgan fingerprint density at radius 3 is 2.34 bits per heavy atom. The molecule has 3 aromatic rings. The van der Waals surface area contributed by atoms with Crippen LogP contribution in [0.3, 0.4) is 0 Å². The number of benzene rings is 2. The second kappa shape index (κ2) is 7.36. The molecule has 0 aliphatic carbocycles. The number of hydrogen-bond acceptors (Lipinski definition) is 3. The molecule has 29 heavy (non-hydrogen) atoms. The van der Waals surface area contributed by atoms with Crippen molar-refractivity contribution in [2.45, 2.75) is 45.7 Å². The van der Waals surface area contributed by atoms with Crippen molar-refractivity contribution < 1.29 is 4.79 Å². The summed E-state index contributed by atoms with van der Waals surface area (Å²) in [5.41, 5.74) is 6.14. The fourth-order valence-corrected chi connectivity index (χ4v) is 3.80. The monoisotopic (exact) mass is 385 g/mol. The van der Waals surface area contributed by atoms with Crippen LogP contribution in [-0.2, 0) is 12.0 Å². The molecule has 0 spiro atoms. The second-order valence-corrected chi connectivity index (χ2v) is 8.67. The van der Waals surface area contributed by atoms with Gasteiger partial charge in [-0.3, -0.25) is 9.78 Å². The third kappa shape index (κ3) is 3.75. The highest BCUT2D eigenvalue weighted by Crippen LogP contribution is 2.35. The van der Waals surface area contributed by atoms with Gasteiger partial charge in [0.15, 0.2) is 0 Å². The van der Waals surface area contributed by atoms with Gasteiger partial charge >= 0.3 is 0 Å². The van der Waals surface area contributed by atoms with E-state index in [9.17, 15) is 4.79 Å². The van der Waals surface area contributed by atoms with Gasteiger partial charge in [-0.25, -0.2) is 0 Å². The molecule has 1 aromatic heterocycles. The fraction of sp³-hybridized carbons (Fsp3) is 0.280. The molecule has 1 aliphatic heterocycles. The molecule has 1 amide bonds. The number of pyridine rings is 1. The van der Waals surface area contributed by atoms with Gasteiger partial charge in [0.25, 0.3) is 5.91 Å². The molecule has 1 N–H and O–H groups in total. The SMILES string of the molecule is C[C@@H](Nc1cccc2c1C(=O)N(c1ccc(C(C)(C)C)cc1)C2)c1ccncc1. The van der Waals surface area contributed by atoms with Gasteiger partial charge in [0.05, 0.1) is 12.1 Å². The van der Waals surface area contributed by atoms with Crippen molar-refractivity contribution >= 4 is 17.3 Å². The molecule has 2 heterocycles. The van der Waals surface area contributed by atoms with Crippen LogP contribution in [0, 0.1) is 0 Å². The molecule has 4 nitrogen and oxygen atoms in total. The first-order valence-corrected chi connectivity index (χ1v) is 10.1. The van der Waals surface area contributed by atoms with E-state index in [4.69, 9.17) is 0 Å². The molecule has 1 aliphatic rings. The van der Waals surface area contributed by atoms with Crippen LogP contribution >= 0.6 is 0 Å². The van der Waals surface area contributed by atoms with Crippen molar-refractivity contribution in [3.63, 3.8) is 0 Å². The van der Waals surface area contributed by atoms with Crippen molar-refractivity contribution in [2.24, 2.45) is 0 Å². The highest BCUT2D eigenvalue weighted by Gasteiger charge is 2.31. The molecule has 0 saturated carbocycles. The van der Waals surface area contributed by atoms with Crippen LogP contribution in [0.1, 0.15) is 60.8 Å². The summed E-state index contributed by atoms with van der Waals surface area (Å²) >= 11 is 0. The van der Waals surface area contributed by atoms with E-state index in [0.717, 1.165) is 28.1 Å². The van der Waals surface area contributed by atoms with E-state index >= 15 is 0 Å². The Balaban J connectivity index is 1.60. The number of fused-ring (bicyclic) bond motifs is 1. The molecule has 0 fully saturated rings. The summed E-state index contributed by atoms with van der Waals surface area (Å²) in [4.78, 5) is 19.2. The maximum Gasteiger partial charge on any atom is 0.261 e. The predicted molar refractivity (Wildman–Crippen MR) is 118 cm³/mol. The Hall–Kier alpha value is -3.14. The van der Waals surface area contributed by atoms with Crippen molar-refractivity contribution in [3.8, 4) is 0 Å². The van der Waals surface area contributed by atoms with E-state index in [1.807, 2.05) is 35.2 Å². The molecule has 0 unspecified atom stereocenters. The lowest BCUT2D eigenvalue weighted by Crippen LogP contribution is -2.24. The average Bonchev–Trinajstić information content (AvgIpc) is 3.06. The number of carbonyl (C=O) groups is 1. The molecule has 0 saturated heterocycles. The summed E-state index contributed by atoms with van der Waals surface area (Å²) in [6, 6.07) is 18.5. The van der Waals surface area contributed by atoms with Crippen LogP contribution < -0.4 is 10.2 Å². The van der Waals surface area contributed by atoms with E-state index in [0.29, 0.717) is 6.54 Å². The number of carbonyl (C=O) groups excluding carboxylic acids is 1. The molecule has 148 valence electrons. The zero-order valence-electron chi connectivity index (χ0n) is 17.4. The Kier molecular flexibility index (Phi) is 4.87. The first-order chi connectivity index (χ1) is 13.8. The van der Waals surface area contributed by atoms with Crippen LogP contribution in [0.15, 0.2) is 67.0 Å². The number of aromatic nitrogens is 1. The molecule has 4 heteroatoms. The maximum atomic E-state index is 13.3. The van der Waals surface area contributed by atoms with Crippen molar-refractivity contribution in [1.82, 2.24) is 4.98 Å². The van der Waals surface area contributed by atoms with E-state index in [1.54, 1.807) is 12.4 Å². The third-order valence-corrected chi connectivity index (χ3v) is 5.56. The van der Waals surface area contributed by atoms with Gasteiger partial charge in [-0.05, 0) is 59.4 Å². The van der Waals surface area contributed by atoms with Crippen LogP contribution in [0.4, 0.5) is 11.4 Å². The van der Waals surface area contributed by atoms with Gasteiger partial charge in [0.2, 0.25) is 0 Å². The fourth-order valence-electron chi connectivity index (χ4n) is 3.80. The Labute approximate surface area is 172 Å². The van der Waals surface area contributed by atoms with Gasteiger partial charge in [-0.15, -0.1) is 0 Å². The summed E-state index contributed by atoms with van der Waals surface area (Å²) < 4.78 is 0. The zero-order valence-corrected chi connectivity index (χ0v) is 17.4. The number of rotatable bonds is 4. The quantitative estimate of drug-likeness (QED) is 0.625. The highest BCUT2D eigenvalue weighted by molar-refractivity contribution is 6.13. The Bertz CT molecular complexity index is 1020. The molecular weight excluding hydrogens is 358 g/mol. The third-order valence-electron chi connectivity index (χ3n) is 5.56. The summed E-state index contributed by atoms with van der Waals surface area (Å²) in [5.74, 6) is 0.0496. The van der Waals surface area contributed by atoms with E-state index in [2.05, 4.69) is 62.3 Å². The average molecular weight is 386 g/mol. The van der Waals surface area contributed by atoms with E-state index in [1.165, 1.54) is 5.56 Å². The van der Waals surface area contributed by atoms with Crippen molar-refractivity contribution in [1.29, 1.82) is 0 Å². The zero-order chi connectivity index (χ0) is 20.6. The Morgan fingerprint density at radius 1 is 1.00 bits per heavy atom. The van der Waals surface area contributed by atoms with E-state index in [-0.39, 0.29) is 17.4 Å². The lowest BCUT2D eigenvalue weighted by Gasteiger charge is -2.21. The molecule has 2 aromatic carbocycles. The first-order valence-electron chi connectivity index (χ1n) is 10.1. The summed E-state index contributed by atoms with van der Waals surface area (Å²) in [6.45, 7) is 9.28. The lowest BCUT2D eigenvalue weighted by atomic mass is 9.87. The number of hydrogen-bond donors (Lipinski definition) is 1. The van der Waals surface area contributed by atoms with Gasteiger partial charge in [0, 0.05) is 29.8 Å². The van der Waals surface area contributed by atoms with Gasteiger partial charge < -0.3 is 10.2 Å². The molecule has 0 radical (unpaired) electrons. The van der Waals surface area contributed by atoms with E-state index < -0.39 is 0 Å². The number of nitrogens with one attached hydrogen (secondary N) is 1. The number of amides is 1. The van der Waals surface area contributed by atoms with Crippen LogP contribution in [0.2, 0.25) is 0 Å². The Morgan fingerprint density at radius 2 is 1.69 bits per heavy atom.